The van der Waals surface area contributed by atoms with E-state index >= 15 is 0 Å². The van der Waals surface area contributed by atoms with E-state index in [1.165, 1.54) is 5.56 Å². The number of para-hydroxylation sites is 1. The Labute approximate surface area is 109 Å². The zero-order chi connectivity index (χ0) is 13.0. The van der Waals surface area contributed by atoms with Gasteiger partial charge in [0.1, 0.15) is 0 Å². The van der Waals surface area contributed by atoms with Gasteiger partial charge in [-0.1, -0.05) is 32.0 Å². The Morgan fingerprint density at radius 1 is 1.28 bits per heavy atom. The number of amides is 1. The van der Waals surface area contributed by atoms with Crippen LogP contribution in [0.4, 0.5) is 5.69 Å². The summed E-state index contributed by atoms with van der Waals surface area (Å²) in [5.41, 5.74) is 2.18. The summed E-state index contributed by atoms with van der Waals surface area (Å²) in [6.45, 7) is 6.19. The van der Waals surface area contributed by atoms with Crippen LogP contribution in [0.25, 0.3) is 0 Å². The zero-order valence-electron chi connectivity index (χ0n) is 11.2. The van der Waals surface area contributed by atoms with Gasteiger partial charge in [0.15, 0.2) is 0 Å². The highest BCUT2D eigenvalue weighted by Crippen LogP contribution is 2.25. The van der Waals surface area contributed by atoms with E-state index in [0.717, 1.165) is 31.6 Å². The van der Waals surface area contributed by atoms with Crippen molar-refractivity contribution in [3.05, 3.63) is 29.8 Å². The minimum atomic E-state index is 0.159. The number of nitrogens with one attached hydrogen (secondary N) is 2. The van der Waals surface area contributed by atoms with Crippen molar-refractivity contribution in [2.24, 2.45) is 5.92 Å². The van der Waals surface area contributed by atoms with Crippen LogP contribution in [0, 0.1) is 5.92 Å². The normalized spacial score (nSPS) is 16.8. The first-order valence-corrected chi connectivity index (χ1v) is 6.79. The molecule has 0 unspecified atom stereocenters. The van der Waals surface area contributed by atoms with Crippen molar-refractivity contribution in [3.63, 3.8) is 0 Å². The van der Waals surface area contributed by atoms with Gasteiger partial charge in [0.2, 0.25) is 5.91 Å². The Hall–Kier alpha value is -1.35. The number of piperidine rings is 1. The van der Waals surface area contributed by atoms with E-state index < -0.39 is 0 Å². The monoisotopic (exact) mass is 246 g/mol. The van der Waals surface area contributed by atoms with E-state index in [-0.39, 0.29) is 11.8 Å². The average molecular weight is 246 g/mol. The molecule has 1 saturated heterocycles. The van der Waals surface area contributed by atoms with Gasteiger partial charge in [-0.3, -0.25) is 4.79 Å². The number of carbonyl (C=O) groups excluding carboxylic acids is 1. The smallest absolute Gasteiger partial charge is 0.227 e. The topological polar surface area (TPSA) is 41.1 Å². The van der Waals surface area contributed by atoms with Gasteiger partial charge < -0.3 is 10.6 Å². The van der Waals surface area contributed by atoms with Crippen LogP contribution in [0.5, 0.6) is 0 Å². The maximum absolute atomic E-state index is 12.2. The lowest BCUT2D eigenvalue weighted by atomic mass is 9.96. The summed E-state index contributed by atoms with van der Waals surface area (Å²) in [6.07, 6.45) is 1.88. The Morgan fingerprint density at radius 2 is 1.94 bits per heavy atom. The van der Waals surface area contributed by atoms with E-state index in [2.05, 4.69) is 30.5 Å². The summed E-state index contributed by atoms with van der Waals surface area (Å²) >= 11 is 0. The molecule has 98 valence electrons. The van der Waals surface area contributed by atoms with Crippen molar-refractivity contribution >= 4 is 11.6 Å². The van der Waals surface area contributed by atoms with Crippen LogP contribution >= 0.6 is 0 Å². The second kappa shape index (κ2) is 6.01. The number of rotatable bonds is 3. The molecule has 1 aromatic rings. The molecule has 0 saturated carbocycles. The minimum absolute atomic E-state index is 0.159. The molecule has 0 aliphatic carbocycles. The van der Waals surface area contributed by atoms with Crippen LogP contribution in [0.15, 0.2) is 24.3 Å². The highest BCUT2D eigenvalue weighted by molar-refractivity contribution is 5.93. The SMILES string of the molecule is CC(C)c1ccccc1NC(=O)C1CCNCC1. The predicted octanol–water partition coefficient (Wildman–Crippen LogP) is 2.75. The molecule has 0 aromatic heterocycles. The summed E-state index contributed by atoms with van der Waals surface area (Å²) in [5, 5.41) is 6.38. The summed E-state index contributed by atoms with van der Waals surface area (Å²) in [5.74, 6) is 0.755. The molecule has 0 atom stereocenters. The Balaban J connectivity index is 2.06. The van der Waals surface area contributed by atoms with Gasteiger partial charge in [0, 0.05) is 11.6 Å². The van der Waals surface area contributed by atoms with Crippen LogP contribution in [0.2, 0.25) is 0 Å². The van der Waals surface area contributed by atoms with E-state index in [9.17, 15) is 4.79 Å². The molecule has 1 amide bonds. The third-order valence-electron chi connectivity index (χ3n) is 3.55. The first-order valence-electron chi connectivity index (χ1n) is 6.79. The van der Waals surface area contributed by atoms with Crippen molar-refractivity contribution in [2.75, 3.05) is 18.4 Å². The van der Waals surface area contributed by atoms with Crippen LogP contribution < -0.4 is 10.6 Å². The van der Waals surface area contributed by atoms with Gasteiger partial charge in [-0.15, -0.1) is 0 Å². The van der Waals surface area contributed by atoms with Gasteiger partial charge in [-0.05, 0) is 43.5 Å². The largest absolute Gasteiger partial charge is 0.326 e. The molecule has 2 rings (SSSR count). The molecule has 0 bridgehead atoms. The first-order chi connectivity index (χ1) is 8.68. The van der Waals surface area contributed by atoms with Crippen molar-refractivity contribution in [1.29, 1.82) is 0 Å². The van der Waals surface area contributed by atoms with E-state index in [4.69, 9.17) is 0 Å². The Bertz CT molecular complexity index is 409. The van der Waals surface area contributed by atoms with Crippen LogP contribution in [0.3, 0.4) is 0 Å². The van der Waals surface area contributed by atoms with E-state index in [1.807, 2.05) is 18.2 Å². The molecule has 0 spiro atoms. The zero-order valence-corrected chi connectivity index (χ0v) is 11.2. The quantitative estimate of drug-likeness (QED) is 0.861. The molecule has 3 nitrogen and oxygen atoms in total. The summed E-state index contributed by atoms with van der Waals surface area (Å²) in [7, 11) is 0. The first kappa shape index (κ1) is 13.1. The summed E-state index contributed by atoms with van der Waals surface area (Å²) in [6, 6.07) is 8.08. The fourth-order valence-corrected chi connectivity index (χ4v) is 2.43. The molecule has 0 radical (unpaired) electrons. The number of carbonyl (C=O) groups is 1. The highest BCUT2D eigenvalue weighted by Gasteiger charge is 2.21. The van der Waals surface area contributed by atoms with Crippen LogP contribution in [-0.2, 0) is 4.79 Å². The van der Waals surface area contributed by atoms with Crippen molar-refractivity contribution in [2.45, 2.75) is 32.6 Å². The number of hydrogen-bond acceptors (Lipinski definition) is 2. The van der Waals surface area contributed by atoms with E-state index in [1.54, 1.807) is 0 Å². The Morgan fingerprint density at radius 3 is 2.61 bits per heavy atom. The van der Waals surface area contributed by atoms with E-state index in [0.29, 0.717) is 5.92 Å². The number of hydrogen-bond donors (Lipinski definition) is 2. The van der Waals surface area contributed by atoms with Gasteiger partial charge in [0.05, 0.1) is 0 Å². The third kappa shape index (κ3) is 3.10. The molecule has 1 aliphatic heterocycles. The Kier molecular flexibility index (Phi) is 4.37. The molecule has 3 heteroatoms. The fourth-order valence-electron chi connectivity index (χ4n) is 2.43. The molecular formula is C15H22N2O. The highest BCUT2D eigenvalue weighted by atomic mass is 16.1. The average Bonchev–Trinajstić information content (AvgIpc) is 2.40. The number of benzene rings is 1. The van der Waals surface area contributed by atoms with Crippen molar-refractivity contribution in [1.82, 2.24) is 5.32 Å². The van der Waals surface area contributed by atoms with Gasteiger partial charge in [0.25, 0.3) is 0 Å². The van der Waals surface area contributed by atoms with Crippen molar-refractivity contribution < 1.29 is 4.79 Å². The van der Waals surface area contributed by atoms with Crippen molar-refractivity contribution in [3.8, 4) is 0 Å². The fraction of sp³-hybridized carbons (Fsp3) is 0.533. The van der Waals surface area contributed by atoms with Gasteiger partial charge in [-0.25, -0.2) is 0 Å². The van der Waals surface area contributed by atoms with Gasteiger partial charge in [-0.2, -0.15) is 0 Å². The standard InChI is InChI=1S/C15H22N2O/c1-11(2)13-5-3-4-6-14(13)17-15(18)12-7-9-16-10-8-12/h3-6,11-12,16H,7-10H2,1-2H3,(H,17,18). The summed E-state index contributed by atoms with van der Waals surface area (Å²) < 4.78 is 0. The third-order valence-corrected chi connectivity index (χ3v) is 3.55. The maximum atomic E-state index is 12.2. The second-order valence-corrected chi connectivity index (χ2v) is 5.26. The number of anilines is 1. The molecule has 1 fully saturated rings. The predicted molar refractivity (Wildman–Crippen MR) is 74.8 cm³/mol. The molecule has 1 aliphatic rings. The molecule has 18 heavy (non-hydrogen) atoms. The molecular weight excluding hydrogens is 224 g/mol. The van der Waals surface area contributed by atoms with Gasteiger partial charge >= 0.3 is 0 Å². The molecule has 2 N–H and O–H groups in total. The second-order valence-electron chi connectivity index (χ2n) is 5.26. The van der Waals surface area contributed by atoms with Crippen LogP contribution in [0.1, 0.15) is 38.2 Å². The lowest BCUT2D eigenvalue weighted by Crippen LogP contribution is -2.34. The minimum Gasteiger partial charge on any atom is -0.326 e. The maximum Gasteiger partial charge on any atom is 0.227 e. The van der Waals surface area contributed by atoms with Crippen LogP contribution in [-0.4, -0.2) is 19.0 Å². The summed E-state index contributed by atoms with van der Waals surface area (Å²) in [4.78, 5) is 12.2. The molecule has 1 aromatic carbocycles. The lowest BCUT2D eigenvalue weighted by molar-refractivity contribution is -0.120. The molecule has 1 heterocycles. The lowest BCUT2D eigenvalue weighted by Gasteiger charge is -2.23.